The van der Waals surface area contributed by atoms with Gasteiger partial charge in [0, 0.05) is 61.2 Å². The van der Waals surface area contributed by atoms with E-state index in [2.05, 4.69) is 37.8 Å². The molecule has 40 heavy (non-hydrogen) atoms. The van der Waals surface area contributed by atoms with Gasteiger partial charge in [-0.1, -0.05) is 12.1 Å². The smallest absolute Gasteiger partial charge is 0.243 e. The number of likely N-dealkylation sites (tertiary alicyclic amines) is 1. The van der Waals surface area contributed by atoms with Gasteiger partial charge >= 0.3 is 0 Å². The second kappa shape index (κ2) is 11.1. The van der Waals surface area contributed by atoms with Gasteiger partial charge in [0.25, 0.3) is 0 Å². The number of aromatic nitrogens is 4. The average molecular weight is 542 g/mol. The summed E-state index contributed by atoms with van der Waals surface area (Å²) in [5, 5.41) is 11.8. The second-order valence-corrected chi connectivity index (χ2v) is 11.0. The monoisotopic (exact) mass is 541 g/mol. The number of nitrogens with one attached hydrogen (secondary N) is 3. The number of aromatic amines is 1. The topological polar surface area (TPSA) is 117 Å². The minimum atomic E-state index is -0.513. The van der Waals surface area contributed by atoms with E-state index in [4.69, 9.17) is 4.74 Å². The molecule has 2 amide bonds. The standard InChI is InChI=1S/C30H35N7O3/c1-36-18-23(15-34-36)21-12-27(32-14-21)30(39)37-17-20(9-19-3-5-25(40-2)6-4-19)10-28(37)29(38)33-16-24-11-22-13-31-8-7-26(22)35-24/h3-8,11,13,15,18,20-21,27-28,32,35H,9-10,12,14,16-17H2,1-2H3,(H,33,38). The molecule has 6 rings (SSSR count). The molecular formula is C30H35N7O3. The van der Waals surface area contributed by atoms with Crippen molar-refractivity contribution < 1.29 is 14.3 Å². The summed E-state index contributed by atoms with van der Waals surface area (Å²) in [7, 11) is 3.55. The number of nitrogens with zero attached hydrogens (tertiary/aromatic N) is 4. The lowest BCUT2D eigenvalue weighted by Gasteiger charge is -2.27. The number of hydrogen-bond donors (Lipinski definition) is 3. The van der Waals surface area contributed by atoms with Crippen LogP contribution in [0.25, 0.3) is 10.9 Å². The highest BCUT2D eigenvalue weighted by Gasteiger charge is 2.43. The van der Waals surface area contributed by atoms with Gasteiger partial charge in [0.2, 0.25) is 11.8 Å². The predicted octanol–water partition coefficient (Wildman–Crippen LogP) is 2.53. The van der Waals surface area contributed by atoms with Crippen molar-refractivity contribution in [2.24, 2.45) is 13.0 Å². The molecule has 2 aliphatic rings. The molecule has 2 fully saturated rings. The van der Waals surface area contributed by atoms with Crippen molar-refractivity contribution in [3.05, 3.63) is 78.0 Å². The Morgan fingerprint density at radius 2 is 2.00 bits per heavy atom. The zero-order valence-corrected chi connectivity index (χ0v) is 22.8. The Balaban J connectivity index is 1.16. The third-order valence-corrected chi connectivity index (χ3v) is 8.21. The van der Waals surface area contributed by atoms with Crippen LogP contribution in [0.4, 0.5) is 0 Å². The van der Waals surface area contributed by atoms with Gasteiger partial charge in [-0.15, -0.1) is 0 Å². The number of H-pyrrole nitrogens is 1. The fourth-order valence-electron chi connectivity index (χ4n) is 6.11. The molecule has 4 aromatic rings. The number of methoxy groups -OCH3 is 1. The van der Waals surface area contributed by atoms with Gasteiger partial charge in [0.1, 0.15) is 11.8 Å². The fourth-order valence-corrected chi connectivity index (χ4v) is 6.11. The highest BCUT2D eigenvalue weighted by Crippen LogP contribution is 2.31. The Bertz CT molecular complexity index is 1460. The van der Waals surface area contributed by atoms with Gasteiger partial charge in [-0.25, -0.2) is 0 Å². The number of aryl methyl sites for hydroxylation is 1. The molecule has 3 aromatic heterocycles. The molecule has 10 nitrogen and oxygen atoms in total. The first-order valence-corrected chi connectivity index (χ1v) is 13.8. The van der Waals surface area contributed by atoms with Gasteiger partial charge in [-0.2, -0.15) is 5.10 Å². The van der Waals surface area contributed by atoms with E-state index in [1.165, 1.54) is 5.56 Å². The van der Waals surface area contributed by atoms with Crippen molar-refractivity contribution in [1.29, 1.82) is 0 Å². The summed E-state index contributed by atoms with van der Waals surface area (Å²) in [6.45, 7) is 1.63. The van der Waals surface area contributed by atoms with Crippen molar-refractivity contribution in [1.82, 2.24) is 35.3 Å². The molecule has 2 aliphatic heterocycles. The average Bonchev–Trinajstić information content (AvgIpc) is 3.77. The maximum absolute atomic E-state index is 13.9. The van der Waals surface area contributed by atoms with Crippen LogP contribution >= 0.6 is 0 Å². The zero-order valence-electron chi connectivity index (χ0n) is 22.8. The number of hydrogen-bond acceptors (Lipinski definition) is 6. The number of rotatable bonds is 8. The largest absolute Gasteiger partial charge is 0.497 e. The van der Waals surface area contributed by atoms with Crippen LogP contribution in [0, 0.1) is 5.92 Å². The molecular weight excluding hydrogens is 506 g/mol. The third-order valence-electron chi connectivity index (χ3n) is 8.21. The van der Waals surface area contributed by atoms with E-state index in [9.17, 15) is 9.59 Å². The molecule has 3 N–H and O–H groups in total. The Morgan fingerprint density at radius 3 is 2.75 bits per heavy atom. The van der Waals surface area contributed by atoms with Crippen LogP contribution < -0.4 is 15.4 Å². The highest BCUT2D eigenvalue weighted by atomic mass is 16.5. The molecule has 0 radical (unpaired) electrons. The molecule has 4 unspecified atom stereocenters. The van der Waals surface area contributed by atoms with E-state index < -0.39 is 6.04 Å². The highest BCUT2D eigenvalue weighted by molar-refractivity contribution is 5.91. The lowest BCUT2D eigenvalue weighted by molar-refractivity contribution is -0.139. The van der Waals surface area contributed by atoms with Crippen LogP contribution in [-0.4, -0.2) is 68.7 Å². The van der Waals surface area contributed by atoms with E-state index in [0.29, 0.717) is 25.9 Å². The van der Waals surface area contributed by atoms with Gasteiger partial charge in [-0.3, -0.25) is 19.3 Å². The number of carbonyl (C=O) groups is 2. The van der Waals surface area contributed by atoms with Crippen LogP contribution in [0.3, 0.4) is 0 Å². The number of fused-ring (bicyclic) bond motifs is 1. The molecule has 0 saturated carbocycles. The number of benzene rings is 1. The van der Waals surface area contributed by atoms with Gasteiger partial charge in [0.05, 0.1) is 25.9 Å². The van der Waals surface area contributed by atoms with Crippen LogP contribution in [0.1, 0.15) is 35.6 Å². The number of carbonyl (C=O) groups excluding carboxylic acids is 2. The van der Waals surface area contributed by atoms with Crippen LogP contribution in [0.15, 0.2) is 61.2 Å². The lowest BCUT2D eigenvalue weighted by Crippen LogP contribution is -2.51. The SMILES string of the molecule is COc1ccc(CC2CC(C(=O)NCc3cc4cnccc4[nH]3)N(C(=O)C3CC(c4cnn(C)c4)CN3)C2)cc1. The molecule has 5 heterocycles. The molecule has 208 valence electrons. The Kier molecular flexibility index (Phi) is 7.25. The first-order valence-electron chi connectivity index (χ1n) is 13.8. The summed E-state index contributed by atoms with van der Waals surface area (Å²) in [5.74, 6) is 1.10. The van der Waals surface area contributed by atoms with Gasteiger partial charge in [-0.05, 0) is 60.6 Å². The molecule has 2 saturated heterocycles. The maximum atomic E-state index is 13.9. The van der Waals surface area contributed by atoms with Gasteiger partial charge in [0.15, 0.2) is 0 Å². The summed E-state index contributed by atoms with van der Waals surface area (Å²) < 4.78 is 7.08. The van der Waals surface area contributed by atoms with E-state index in [0.717, 1.165) is 40.9 Å². The Labute approximate surface area is 233 Å². The van der Waals surface area contributed by atoms with Crippen molar-refractivity contribution in [2.45, 2.75) is 43.8 Å². The Morgan fingerprint density at radius 1 is 1.15 bits per heavy atom. The summed E-state index contributed by atoms with van der Waals surface area (Å²) in [5.41, 5.74) is 4.18. The van der Waals surface area contributed by atoms with Crippen LogP contribution in [0.2, 0.25) is 0 Å². The maximum Gasteiger partial charge on any atom is 0.243 e. The minimum Gasteiger partial charge on any atom is -0.497 e. The van der Waals surface area contributed by atoms with Gasteiger partial charge < -0.3 is 25.3 Å². The third kappa shape index (κ3) is 5.44. The van der Waals surface area contributed by atoms with Crippen molar-refractivity contribution in [3.8, 4) is 5.75 Å². The van der Waals surface area contributed by atoms with E-state index in [-0.39, 0.29) is 29.7 Å². The number of ether oxygens (including phenoxy) is 1. The zero-order chi connectivity index (χ0) is 27.6. The van der Waals surface area contributed by atoms with E-state index >= 15 is 0 Å². The summed E-state index contributed by atoms with van der Waals surface area (Å²) in [6, 6.07) is 11.1. The number of pyridine rings is 1. The number of amides is 2. The van der Waals surface area contributed by atoms with Crippen LogP contribution in [-0.2, 0) is 29.6 Å². The Hall–Kier alpha value is -4.18. The van der Waals surface area contributed by atoms with Crippen molar-refractivity contribution in [3.63, 3.8) is 0 Å². The molecule has 10 heteroatoms. The van der Waals surface area contributed by atoms with Crippen molar-refractivity contribution in [2.75, 3.05) is 20.2 Å². The molecule has 4 atom stereocenters. The normalized spacial score (nSPS) is 22.6. The molecule has 0 aliphatic carbocycles. The predicted molar refractivity (Wildman–Crippen MR) is 151 cm³/mol. The minimum absolute atomic E-state index is 0.000424. The molecule has 0 spiro atoms. The second-order valence-electron chi connectivity index (χ2n) is 11.0. The summed E-state index contributed by atoms with van der Waals surface area (Å²) in [6.07, 6.45) is 9.53. The summed E-state index contributed by atoms with van der Waals surface area (Å²) >= 11 is 0. The summed E-state index contributed by atoms with van der Waals surface area (Å²) in [4.78, 5) is 36.7. The lowest BCUT2D eigenvalue weighted by atomic mass is 9.96. The fraction of sp³-hybridized carbons (Fsp3) is 0.400. The van der Waals surface area contributed by atoms with Crippen LogP contribution in [0.5, 0.6) is 5.75 Å². The molecule has 1 aromatic carbocycles. The van der Waals surface area contributed by atoms with E-state index in [1.54, 1.807) is 24.2 Å². The first kappa shape index (κ1) is 26.1. The van der Waals surface area contributed by atoms with E-state index in [1.807, 2.05) is 48.6 Å². The quantitative estimate of drug-likeness (QED) is 0.316. The first-order chi connectivity index (χ1) is 19.5. The van der Waals surface area contributed by atoms with Crippen molar-refractivity contribution >= 4 is 22.7 Å². The molecule has 0 bridgehead atoms.